The van der Waals surface area contributed by atoms with Gasteiger partial charge in [0.2, 0.25) is 0 Å². The first-order valence-electron chi connectivity index (χ1n) is 7.70. The van der Waals surface area contributed by atoms with Crippen LogP contribution in [0.1, 0.15) is 30.3 Å². The van der Waals surface area contributed by atoms with Crippen molar-refractivity contribution in [2.45, 2.75) is 33.6 Å². The molecule has 2 aromatic rings. The first kappa shape index (κ1) is 15.3. The van der Waals surface area contributed by atoms with Crippen LogP contribution in [0.3, 0.4) is 0 Å². The highest BCUT2D eigenvalue weighted by Gasteiger charge is 2.27. The number of hydrogen-bond acceptors (Lipinski definition) is 5. The van der Waals surface area contributed by atoms with Gasteiger partial charge in [0, 0.05) is 23.9 Å². The van der Waals surface area contributed by atoms with Crippen molar-refractivity contribution < 1.29 is 8.42 Å². The fourth-order valence-corrected chi connectivity index (χ4v) is 4.73. The van der Waals surface area contributed by atoms with Crippen molar-refractivity contribution in [3.05, 3.63) is 23.0 Å². The molecule has 3 rings (SSSR count). The van der Waals surface area contributed by atoms with Gasteiger partial charge in [-0.15, -0.1) is 0 Å². The maximum absolute atomic E-state index is 11.6. The molecular weight excluding hydrogens is 300 g/mol. The predicted molar refractivity (Wildman–Crippen MR) is 87.1 cm³/mol. The first-order chi connectivity index (χ1) is 10.4. The molecule has 0 bridgehead atoms. The van der Waals surface area contributed by atoms with Crippen LogP contribution in [0.4, 0.5) is 5.82 Å². The molecule has 3 heterocycles. The summed E-state index contributed by atoms with van der Waals surface area (Å²) in [4.78, 5) is 4.64. The molecule has 0 radical (unpaired) electrons. The lowest BCUT2D eigenvalue weighted by Crippen LogP contribution is -2.17. The van der Waals surface area contributed by atoms with Gasteiger partial charge in [0.1, 0.15) is 5.82 Å². The second-order valence-corrected chi connectivity index (χ2v) is 8.31. The van der Waals surface area contributed by atoms with Gasteiger partial charge in [-0.1, -0.05) is 6.92 Å². The quantitative estimate of drug-likeness (QED) is 0.928. The standard InChI is InChI=1S/C15H22N4O2S/c1-4-13-7-14(16-8-12-5-6-22(20,21)9-12)19-15(17-13)10(2)11(3)18-19/h7,12,16H,4-6,8-9H2,1-3H3. The molecule has 1 aliphatic heterocycles. The van der Waals surface area contributed by atoms with Crippen LogP contribution in [0, 0.1) is 19.8 Å². The van der Waals surface area contributed by atoms with Crippen molar-refractivity contribution in [1.29, 1.82) is 0 Å². The summed E-state index contributed by atoms with van der Waals surface area (Å²) in [6.07, 6.45) is 1.59. The molecule has 1 N–H and O–H groups in total. The molecule has 1 saturated heterocycles. The molecule has 22 heavy (non-hydrogen) atoms. The lowest BCUT2D eigenvalue weighted by molar-refractivity contribution is 0.595. The van der Waals surface area contributed by atoms with E-state index in [-0.39, 0.29) is 11.7 Å². The van der Waals surface area contributed by atoms with Crippen LogP contribution in [0.25, 0.3) is 5.65 Å². The largest absolute Gasteiger partial charge is 0.370 e. The van der Waals surface area contributed by atoms with Gasteiger partial charge < -0.3 is 5.32 Å². The van der Waals surface area contributed by atoms with Crippen molar-refractivity contribution in [2.24, 2.45) is 5.92 Å². The van der Waals surface area contributed by atoms with E-state index < -0.39 is 9.84 Å². The topological polar surface area (TPSA) is 76.4 Å². The van der Waals surface area contributed by atoms with Gasteiger partial charge in [0.15, 0.2) is 15.5 Å². The number of anilines is 1. The molecule has 0 aromatic carbocycles. The minimum Gasteiger partial charge on any atom is -0.370 e. The third-order valence-corrected chi connectivity index (χ3v) is 6.21. The minimum absolute atomic E-state index is 0.177. The van der Waals surface area contributed by atoms with Gasteiger partial charge in [-0.25, -0.2) is 13.4 Å². The highest BCUT2D eigenvalue weighted by atomic mass is 32.2. The zero-order chi connectivity index (χ0) is 15.9. The van der Waals surface area contributed by atoms with Crippen molar-refractivity contribution in [2.75, 3.05) is 23.4 Å². The SMILES string of the molecule is CCc1cc(NCC2CCS(=O)(=O)C2)n2nc(C)c(C)c2n1. The van der Waals surface area contributed by atoms with Crippen molar-refractivity contribution in [1.82, 2.24) is 14.6 Å². The molecule has 0 amide bonds. The number of nitrogens with one attached hydrogen (secondary N) is 1. The molecule has 0 spiro atoms. The second-order valence-electron chi connectivity index (χ2n) is 6.08. The van der Waals surface area contributed by atoms with Crippen LogP contribution in [-0.2, 0) is 16.3 Å². The number of fused-ring (bicyclic) bond motifs is 1. The van der Waals surface area contributed by atoms with Gasteiger partial charge in [-0.05, 0) is 32.6 Å². The molecule has 1 aliphatic rings. The molecule has 7 heteroatoms. The minimum atomic E-state index is -2.83. The van der Waals surface area contributed by atoms with E-state index in [4.69, 9.17) is 0 Å². The molecule has 1 atom stereocenters. The normalized spacial score (nSPS) is 20.6. The zero-order valence-electron chi connectivity index (χ0n) is 13.3. The van der Waals surface area contributed by atoms with Crippen LogP contribution in [0.2, 0.25) is 0 Å². The molecule has 0 saturated carbocycles. The predicted octanol–water partition coefficient (Wildman–Crippen LogP) is 1.76. The summed E-state index contributed by atoms with van der Waals surface area (Å²) in [5.41, 5.74) is 3.93. The van der Waals surface area contributed by atoms with E-state index in [9.17, 15) is 8.42 Å². The number of aromatic nitrogens is 3. The van der Waals surface area contributed by atoms with Crippen molar-refractivity contribution in [3.8, 4) is 0 Å². The summed E-state index contributed by atoms with van der Waals surface area (Å²) in [5.74, 6) is 1.66. The summed E-state index contributed by atoms with van der Waals surface area (Å²) in [5, 5.41) is 7.91. The van der Waals surface area contributed by atoms with Gasteiger partial charge in [0.25, 0.3) is 0 Å². The Kier molecular flexibility index (Phi) is 3.84. The van der Waals surface area contributed by atoms with Crippen molar-refractivity contribution in [3.63, 3.8) is 0 Å². The Morgan fingerprint density at radius 1 is 1.41 bits per heavy atom. The monoisotopic (exact) mass is 322 g/mol. The number of hydrogen-bond donors (Lipinski definition) is 1. The van der Waals surface area contributed by atoms with Crippen LogP contribution in [0.5, 0.6) is 0 Å². The molecule has 1 unspecified atom stereocenters. The maximum atomic E-state index is 11.6. The summed E-state index contributed by atoms with van der Waals surface area (Å²) in [7, 11) is -2.83. The molecule has 6 nitrogen and oxygen atoms in total. The average molecular weight is 322 g/mol. The lowest BCUT2D eigenvalue weighted by Gasteiger charge is -2.13. The Morgan fingerprint density at radius 2 is 2.18 bits per heavy atom. The number of aryl methyl sites for hydroxylation is 3. The lowest BCUT2D eigenvalue weighted by atomic mass is 10.1. The van der Waals surface area contributed by atoms with Crippen molar-refractivity contribution >= 4 is 21.3 Å². The molecule has 2 aromatic heterocycles. The smallest absolute Gasteiger partial charge is 0.160 e. The van der Waals surface area contributed by atoms with Crippen LogP contribution >= 0.6 is 0 Å². The highest BCUT2D eigenvalue weighted by molar-refractivity contribution is 7.91. The summed E-state index contributed by atoms with van der Waals surface area (Å²) in [6, 6.07) is 2.00. The van der Waals surface area contributed by atoms with Gasteiger partial charge in [-0.3, -0.25) is 0 Å². The average Bonchev–Trinajstić information content (AvgIpc) is 2.97. The fourth-order valence-electron chi connectivity index (χ4n) is 2.87. The number of sulfone groups is 1. The van der Waals surface area contributed by atoms with E-state index in [1.54, 1.807) is 0 Å². The molecule has 1 fully saturated rings. The Hall–Kier alpha value is -1.63. The van der Waals surface area contributed by atoms with Gasteiger partial charge >= 0.3 is 0 Å². The van der Waals surface area contributed by atoms with E-state index in [1.165, 1.54) is 0 Å². The van der Waals surface area contributed by atoms with E-state index >= 15 is 0 Å². The van der Waals surface area contributed by atoms with E-state index in [0.29, 0.717) is 12.3 Å². The third kappa shape index (κ3) is 2.82. The summed E-state index contributed by atoms with van der Waals surface area (Å²) >= 11 is 0. The number of nitrogens with zero attached hydrogens (tertiary/aromatic N) is 3. The Morgan fingerprint density at radius 3 is 2.82 bits per heavy atom. The van der Waals surface area contributed by atoms with Gasteiger partial charge in [0.05, 0.1) is 17.2 Å². The fraction of sp³-hybridized carbons (Fsp3) is 0.600. The Bertz CT molecular complexity index is 811. The summed E-state index contributed by atoms with van der Waals surface area (Å²) < 4.78 is 24.9. The van der Waals surface area contributed by atoms with E-state index in [0.717, 1.165) is 41.3 Å². The first-order valence-corrected chi connectivity index (χ1v) is 9.52. The Labute approximate surface area is 130 Å². The second kappa shape index (κ2) is 5.53. The summed E-state index contributed by atoms with van der Waals surface area (Å²) in [6.45, 7) is 6.73. The Balaban J connectivity index is 1.88. The third-order valence-electron chi connectivity index (χ3n) is 4.37. The van der Waals surface area contributed by atoms with E-state index in [2.05, 4.69) is 22.3 Å². The molecular formula is C15H22N4O2S. The highest BCUT2D eigenvalue weighted by Crippen LogP contribution is 2.22. The van der Waals surface area contributed by atoms with Crippen LogP contribution < -0.4 is 5.32 Å². The maximum Gasteiger partial charge on any atom is 0.160 e. The van der Waals surface area contributed by atoms with Gasteiger partial charge in [-0.2, -0.15) is 9.61 Å². The number of rotatable bonds is 4. The molecule has 120 valence electrons. The van der Waals surface area contributed by atoms with Crippen LogP contribution in [0.15, 0.2) is 6.07 Å². The molecule has 0 aliphatic carbocycles. The van der Waals surface area contributed by atoms with E-state index in [1.807, 2.05) is 24.4 Å². The zero-order valence-corrected chi connectivity index (χ0v) is 14.1. The van der Waals surface area contributed by atoms with Crippen LogP contribution in [-0.4, -0.2) is 41.1 Å².